The molecule has 0 spiro atoms. The molecule has 0 aliphatic heterocycles. The standard InChI is InChI=1S/C13H15ClN4O2/c1-20-12(8-15)13(19)17-10-7-9(14)3-4-11(10)18-6-2-5-16-18/h2-7,12H,8,15H2,1H3,(H,17,19). The number of carbonyl (C=O) groups excluding carboxylic acids is 1. The van der Waals surface area contributed by atoms with E-state index < -0.39 is 6.10 Å². The van der Waals surface area contributed by atoms with E-state index in [0.717, 1.165) is 0 Å². The number of halogens is 1. The summed E-state index contributed by atoms with van der Waals surface area (Å²) < 4.78 is 6.64. The maximum Gasteiger partial charge on any atom is 0.254 e. The van der Waals surface area contributed by atoms with Gasteiger partial charge in [0.05, 0.1) is 11.4 Å². The van der Waals surface area contributed by atoms with Crippen molar-refractivity contribution in [3.8, 4) is 5.69 Å². The first-order chi connectivity index (χ1) is 9.65. The molecule has 20 heavy (non-hydrogen) atoms. The molecule has 0 saturated carbocycles. The molecule has 3 N–H and O–H groups in total. The highest BCUT2D eigenvalue weighted by Crippen LogP contribution is 2.24. The Kier molecular flexibility index (Phi) is 4.73. The first kappa shape index (κ1) is 14.5. The van der Waals surface area contributed by atoms with Gasteiger partial charge in [0.2, 0.25) is 0 Å². The van der Waals surface area contributed by atoms with Crippen molar-refractivity contribution in [2.24, 2.45) is 5.73 Å². The number of hydrogen-bond acceptors (Lipinski definition) is 4. The van der Waals surface area contributed by atoms with Crippen molar-refractivity contribution in [2.45, 2.75) is 6.10 Å². The zero-order valence-corrected chi connectivity index (χ0v) is 11.7. The van der Waals surface area contributed by atoms with Crippen LogP contribution in [0.1, 0.15) is 0 Å². The number of aromatic nitrogens is 2. The van der Waals surface area contributed by atoms with Crippen molar-refractivity contribution in [1.29, 1.82) is 0 Å². The first-order valence-corrected chi connectivity index (χ1v) is 6.36. The lowest BCUT2D eigenvalue weighted by Gasteiger charge is -2.16. The Morgan fingerprint density at radius 3 is 3.00 bits per heavy atom. The Morgan fingerprint density at radius 1 is 1.60 bits per heavy atom. The SMILES string of the molecule is COC(CN)C(=O)Nc1cc(Cl)ccc1-n1cccn1. The quantitative estimate of drug-likeness (QED) is 0.874. The summed E-state index contributed by atoms with van der Waals surface area (Å²) in [5.41, 5.74) is 6.72. The van der Waals surface area contributed by atoms with Crippen molar-refractivity contribution in [1.82, 2.24) is 9.78 Å². The van der Waals surface area contributed by atoms with Crippen LogP contribution < -0.4 is 11.1 Å². The topological polar surface area (TPSA) is 82.2 Å². The molecule has 106 valence electrons. The molecule has 0 fully saturated rings. The summed E-state index contributed by atoms with van der Waals surface area (Å²) in [7, 11) is 1.43. The monoisotopic (exact) mass is 294 g/mol. The van der Waals surface area contributed by atoms with Gasteiger partial charge in [0.15, 0.2) is 0 Å². The van der Waals surface area contributed by atoms with Crippen molar-refractivity contribution in [3.63, 3.8) is 0 Å². The van der Waals surface area contributed by atoms with Gasteiger partial charge in [-0.15, -0.1) is 0 Å². The molecule has 2 aromatic rings. The number of rotatable bonds is 5. The number of nitrogens with two attached hydrogens (primary N) is 1. The molecular weight excluding hydrogens is 280 g/mol. The summed E-state index contributed by atoms with van der Waals surface area (Å²) >= 11 is 5.97. The largest absolute Gasteiger partial charge is 0.370 e. The second kappa shape index (κ2) is 6.51. The van der Waals surface area contributed by atoms with Gasteiger partial charge in [-0.3, -0.25) is 4.79 Å². The molecule has 7 heteroatoms. The minimum Gasteiger partial charge on any atom is -0.370 e. The number of carbonyl (C=O) groups is 1. The van der Waals surface area contributed by atoms with E-state index in [-0.39, 0.29) is 12.5 Å². The number of benzene rings is 1. The van der Waals surface area contributed by atoms with Crippen LogP contribution in [-0.2, 0) is 9.53 Å². The fraction of sp³-hybridized carbons (Fsp3) is 0.231. The van der Waals surface area contributed by atoms with Crippen molar-refractivity contribution in [2.75, 3.05) is 19.0 Å². The van der Waals surface area contributed by atoms with E-state index in [2.05, 4.69) is 10.4 Å². The minimum absolute atomic E-state index is 0.0972. The van der Waals surface area contributed by atoms with Gasteiger partial charge in [-0.1, -0.05) is 11.6 Å². The highest BCUT2D eigenvalue weighted by atomic mass is 35.5. The molecule has 1 amide bonds. The van der Waals surface area contributed by atoms with E-state index in [1.807, 2.05) is 0 Å². The summed E-state index contributed by atoms with van der Waals surface area (Å²) in [5, 5.41) is 7.40. The van der Waals surface area contributed by atoms with Crippen LogP contribution in [0.4, 0.5) is 5.69 Å². The third-order valence-corrected chi connectivity index (χ3v) is 2.99. The maximum absolute atomic E-state index is 12.0. The highest BCUT2D eigenvalue weighted by molar-refractivity contribution is 6.31. The fourth-order valence-electron chi connectivity index (χ4n) is 1.74. The smallest absolute Gasteiger partial charge is 0.254 e. The molecule has 1 aromatic carbocycles. The third-order valence-electron chi connectivity index (χ3n) is 2.76. The number of hydrogen-bond donors (Lipinski definition) is 2. The molecule has 0 bridgehead atoms. The van der Waals surface area contributed by atoms with Crippen LogP contribution in [0.2, 0.25) is 5.02 Å². The van der Waals surface area contributed by atoms with E-state index in [1.165, 1.54) is 7.11 Å². The Morgan fingerprint density at radius 2 is 2.40 bits per heavy atom. The predicted molar refractivity (Wildman–Crippen MR) is 77.1 cm³/mol. The van der Waals surface area contributed by atoms with Gasteiger partial charge in [0.25, 0.3) is 5.91 Å². The Bertz CT molecular complexity index is 582. The van der Waals surface area contributed by atoms with E-state index in [1.54, 1.807) is 41.3 Å². The Hall–Kier alpha value is -1.89. The van der Waals surface area contributed by atoms with E-state index in [9.17, 15) is 4.79 Å². The molecule has 2 rings (SSSR count). The van der Waals surface area contributed by atoms with Gasteiger partial charge in [0.1, 0.15) is 6.10 Å². The van der Waals surface area contributed by atoms with Crippen LogP contribution in [0.5, 0.6) is 0 Å². The molecule has 1 unspecified atom stereocenters. The van der Waals surface area contributed by atoms with Gasteiger partial charge < -0.3 is 15.8 Å². The van der Waals surface area contributed by atoms with Crippen LogP contribution in [0, 0.1) is 0 Å². The summed E-state index contributed by atoms with van der Waals surface area (Å²) in [6, 6.07) is 6.94. The van der Waals surface area contributed by atoms with Gasteiger partial charge in [-0.25, -0.2) is 4.68 Å². The maximum atomic E-state index is 12.0. The number of methoxy groups -OCH3 is 1. The number of amides is 1. The molecule has 0 radical (unpaired) electrons. The zero-order valence-electron chi connectivity index (χ0n) is 10.9. The summed E-state index contributed by atoms with van der Waals surface area (Å²) in [5.74, 6) is -0.328. The lowest BCUT2D eigenvalue weighted by Crippen LogP contribution is -2.36. The average molecular weight is 295 g/mol. The molecule has 1 heterocycles. The summed E-state index contributed by atoms with van der Waals surface area (Å²) in [6.45, 7) is 0.0972. The highest BCUT2D eigenvalue weighted by Gasteiger charge is 2.17. The number of nitrogens with zero attached hydrogens (tertiary/aromatic N) is 2. The van der Waals surface area contributed by atoms with Crippen molar-refractivity contribution >= 4 is 23.2 Å². The van der Waals surface area contributed by atoms with Crippen LogP contribution in [0.15, 0.2) is 36.7 Å². The molecular formula is C13H15ClN4O2. The molecule has 6 nitrogen and oxygen atoms in total. The molecule has 0 saturated heterocycles. The average Bonchev–Trinajstić information content (AvgIpc) is 2.94. The van der Waals surface area contributed by atoms with E-state index in [4.69, 9.17) is 22.1 Å². The lowest BCUT2D eigenvalue weighted by atomic mass is 10.2. The number of nitrogens with one attached hydrogen (secondary N) is 1. The van der Waals surface area contributed by atoms with Crippen LogP contribution in [-0.4, -0.2) is 35.4 Å². The minimum atomic E-state index is -0.709. The van der Waals surface area contributed by atoms with Crippen molar-refractivity contribution < 1.29 is 9.53 Å². The predicted octanol–water partition coefficient (Wildman–Crippen LogP) is 1.44. The normalized spacial score (nSPS) is 12.2. The Labute approximate surface area is 121 Å². The van der Waals surface area contributed by atoms with Gasteiger partial charge in [-0.05, 0) is 24.3 Å². The van der Waals surface area contributed by atoms with Crippen LogP contribution >= 0.6 is 11.6 Å². The van der Waals surface area contributed by atoms with E-state index in [0.29, 0.717) is 16.4 Å². The molecule has 1 atom stereocenters. The molecule has 0 aliphatic rings. The lowest BCUT2D eigenvalue weighted by molar-refractivity contribution is -0.125. The number of anilines is 1. The first-order valence-electron chi connectivity index (χ1n) is 5.99. The fourth-order valence-corrected chi connectivity index (χ4v) is 1.92. The summed E-state index contributed by atoms with van der Waals surface area (Å²) in [6.07, 6.45) is 2.72. The number of ether oxygens (including phenoxy) is 1. The van der Waals surface area contributed by atoms with Crippen molar-refractivity contribution in [3.05, 3.63) is 41.7 Å². The van der Waals surface area contributed by atoms with Gasteiger partial charge in [0, 0.05) is 31.1 Å². The second-order valence-electron chi connectivity index (χ2n) is 4.06. The zero-order chi connectivity index (χ0) is 14.5. The second-order valence-corrected chi connectivity index (χ2v) is 4.50. The van der Waals surface area contributed by atoms with Crippen LogP contribution in [0.25, 0.3) is 5.69 Å². The van der Waals surface area contributed by atoms with Gasteiger partial charge >= 0.3 is 0 Å². The molecule has 1 aromatic heterocycles. The third kappa shape index (κ3) is 3.16. The molecule has 0 aliphatic carbocycles. The Balaban J connectivity index is 2.31. The van der Waals surface area contributed by atoms with E-state index >= 15 is 0 Å². The summed E-state index contributed by atoms with van der Waals surface area (Å²) in [4.78, 5) is 12.0. The van der Waals surface area contributed by atoms with Crippen LogP contribution in [0.3, 0.4) is 0 Å². The van der Waals surface area contributed by atoms with Gasteiger partial charge in [-0.2, -0.15) is 5.10 Å².